The van der Waals surface area contributed by atoms with Crippen LogP contribution in [0, 0.1) is 19.8 Å². The van der Waals surface area contributed by atoms with E-state index in [9.17, 15) is 14.4 Å². The van der Waals surface area contributed by atoms with Gasteiger partial charge in [-0.15, -0.1) is 0 Å². The van der Waals surface area contributed by atoms with Gasteiger partial charge in [-0.25, -0.2) is 0 Å². The van der Waals surface area contributed by atoms with Crippen LogP contribution in [0.25, 0.3) is 0 Å². The Hall–Kier alpha value is -3.00. The first-order chi connectivity index (χ1) is 17.0. The van der Waals surface area contributed by atoms with Gasteiger partial charge in [0.15, 0.2) is 0 Å². The van der Waals surface area contributed by atoms with Crippen LogP contribution in [-0.4, -0.2) is 46.5 Å². The number of ketones is 1. The van der Waals surface area contributed by atoms with Gasteiger partial charge in [-0.05, 0) is 70.2 Å². The van der Waals surface area contributed by atoms with Crippen molar-refractivity contribution in [2.75, 3.05) is 18.1 Å². The summed E-state index contributed by atoms with van der Waals surface area (Å²) in [4.78, 5) is 45.5. The number of rotatable bonds is 9. The molecule has 1 aliphatic rings. The summed E-state index contributed by atoms with van der Waals surface area (Å²) in [6, 6.07) is 4.52. The van der Waals surface area contributed by atoms with Gasteiger partial charge in [-0.3, -0.25) is 19.4 Å². The molecule has 1 fully saturated rings. The van der Waals surface area contributed by atoms with Gasteiger partial charge in [-0.1, -0.05) is 13.8 Å². The quantitative estimate of drug-likeness (QED) is 0.566. The average Bonchev–Trinajstić information content (AvgIpc) is 2.78. The highest BCUT2D eigenvalue weighted by Gasteiger charge is 2.30. The van der Waals surface area contributed by atoms with Crippen LogP contribution in [-0.2, 0) is 14.3 Å². The van der Waals surface area contributed by atoms with Crippen LogP contribution in [0.3, 0.4) is 0 Å². The number of nitrogens with one attached hydrogen (secondary N) is 1. The predicted octanol–water partition coefficient (Wildman–Crippen LogP) is 3.90. The molecule has 8 heteroatoms. The summed E-state index contributed by atoms with van der Waals surface area (Å²) in [5, 5.41) is 3.08. The molecule has 0 saturated carbocycles. The first-order valence-corrected chi connectivity index (χ1v) is 12.8. The van der Waals surface area contributed by atoms with Gasteiger partial charge in [0.1, 0.15) is 11.8 Å². The van der Waals surface area contributed by atoms with E-state index >= 15 is 0 Å². The molecule has 2 aromatic heterocycles. The molecule has 4 atom stereocenters. The topological polar surface area (TPSA) is 93.5 Å². The summed E-state index contributed by atoms with van der Waals surface area (Å²) in [7, 11) is 0. The molecule has 0 spiro atoms. The fraction of sp³-hybridized carbons (Fsp3) is 0.571. The molecule has 3 heterocycles. The number of amides is 1. The van der Waals surface area contributed by atoms with E-state index in [4.69, 9.17) is 4.74 Å². The van der Waals surface area contributed by atoms with E-state index in [1.165, 1.54) is 17.6 Å². The lowest BCUT2D eigenvalue weighted by Crippen LogP contribution is -2.50. The zero-order valence-corrected chi connectivity index (χ0v) is 22.6. The lowest BCUT2D eigenvalue weighted by atomic mass is 9.98. The Bertz CT molecular complexity index is 1130. The van der Waals surface area contributed by atoms with Gasteiger partial charge < -0.3 is 19.5 Å². The van der Waals surface area contributed by atoms with Crippen molar-refractivity contribution in [3.05, 3.63) is 57.8 Å². The Morgan fingerprint density at radius 3 is 2.42 bits per heavy atom. The first kappa shape index (κ1) is 27.6. The van der Waals surface area contributed by atoms with Crippen molar-refractivity contribution in [2.45, 2.75) is 85.5 Å². The second-order valence-electron chi connectivity index (χ2n) is 10.6. The maximum absolute atomic E-state index is 13.6. The standard InChI is InChI=1S/C28H40N4O4/c1-17(2)10-26(31-9-8-18(3)11-27(31)34)28(35)30-24(12-21(6)33)23-13-25(22(7)29-14-23)32-19(4)15-36-16-20(32)5/h8-9,11,13-14,17,19-20,24,26H,10,12,15-16H2,1-7H3,(H,30,35)/t19-,20?,24+,26?/m0/s1. The van der Waals surface area contributed by atoms with Crippen molar-refractivity contribution in [3.8, 4) is 0 Å². The van der Waals surface area contributed by atoms with Crippen molar-refractivity contribution in [1.82, 2.24) is 14.9 Å². The Labute approximate surface area is 214 Å². The van der Waals surface area contributed by atoms with Crippen LogP contribution in [0.4, 0.5) is 5.69 Å². The van der Waals surface area contributed by atoms with Gasteiger partial charge >= 0.3 is 0 Å². The highest BCUT2D eigenvalue weighted by molar-refractivity contribution is 5.82. The third-order valence-corrected chi connectivity index (χ3v) is 6.67. The van der Waals surface area contributed by atoms with Crippen molar-refractivity contribution in [2.24, 2.45) is 5.92 Å². The number of aromatic nitrogens is 2. The van der Waals surface area contributed by atoms with Crippen molar-refractivity contribution >= 4 is 17.4 Å². The fourth-order valence-corrected chi connectivity index (χ4v) is 4.92. The molecule has 0 aliphatic carbocycles. The van der Waals surface area contributed by atoms with Gasteiger partial charge in [0.05, 0.1) is 30.6 Å². The molecule has 0 aromatic carbocycles. The van der Waals surface area contributed by atoms with Gasteiger partial charge in [0.2, 0.25) is 5.91 Å². The minimum absolute atomic E-state index is 0.0385. The maximum atomic E-state index is 13.6. The summed E-state index contributed by atoms with van der Waals surface area (Å²) in [6.07, 6.45) is 4.05. The van der Waals surface area contributed by atoms with E-state index in [1.54, 1.807) is 12.4 Å². The minimum Gasteiger partial charge on any atom is -0.377 e. The summed E-state index contributed by atoms with van der Waals surface area (Å²) in [5.74, 6) is -0.128. The molecule has 36 heavy (non-hydrogen) atoms. The molecule has 0 bridgehead atoms. The monoisotopic (exact) mass is 496 g/mol. The van der Waals surface area contributed by atoms with Crippen LogP contribution >= 0.6 is 0 Å². The smallest absolute Gasteiger partial charge is 0.251 e. The van der Waals surface area contributed by atoms with E-state index in [1.807, 2.05) is 39.8 Å². The molecule has 3 rings (SSSR count). The molecule has 1 saturated heterocycles. The first-order valence-electron chi connectivity index (χ1n) is 12.8. The minimum atomic E-state index is -0.676. The number of ether oxygens (including phenoxy) is 1. The fourth-order valence-electron chi connectivity index (χ4n) is 4.92. The molecule has 1 aliphatic heterocycles. The van der Waals surface area contributed by atoms with E-state index < -0.39 is 12.1 Å². The Balaban J connectivity index is 1.96. The summed E-state index contributed by atoms with van der Waals surface area (Å²) in [6.45, 7) is 14.9. The summed E-state index contributed by atoms with van der Waals surface area (Å²) >= 11 is 0. The van der Waals surface area contributed by atoms with E-state index in [-0.39, 0.29) is 41.7 Å². The number of aryl methyl sites for hydroxylation is 2. The number of Topliss-reactive ketones (excluding diaryl/α,β-unsaturated/α-hetero) is 1. The number of nitrogens with zero attached hydrogens (tertiary/aromatic N) is 3. The highest BCUT2D eigenvalue weighted by atomic mass is 16.5. The van der Waals surface area contributed by atoms with Crippen molar-refractivity contribution < 1.29 is 14.3 Å². The second kappa shape index (κ2) is 11.8. The zero-order valence-electron chi connectivity index (χ0n) is 22.6. The number of hydrogen-bond acceptors (Lipinski definition) is 6. The summed E-state index contributed by atoms with van der Waals surface area (Å²) < 4.78 is 7.18. The second-order valence-corrected chi connectivity index (χ2v) is 10.6. The Morgan fingerprint density at radius 2 is 1.83 bits per heavy atom. The molecule has 1 amide bonds. The Kier molecular flexibility index (Phi) is 9.06. The zero-order chi connectivity index (χ0) is 26.6. The van der Waals surface area contributed by atoms with Crippen molar-refractivity contribution in [1.29, 1.82) is 0 Å². The van der Waals surface area contributed by atoms with Crippen LogP contribution in [0.1, 0.15) is 76.4 Å². The van der Waals surface area contributed by atoms with Gasteiger partial charge in [0, 0.05) is 37.0 Å². The Morgan fingerprint density at radius 1 is 1.17 bits per heavy atom. The van der Waals surface area contributed by atoms with Crippen LogP contribution in [0.15, 0.2) is 35.4 Å². The number of carbonyl (C=O) groups excluding carboxylic acids is 2. The van der Waals surface area contributed by atoms with E-state index in [0.29, 0.717) is 19.6 Å². The maximum Gasteiger partial charge on any atom is 0.251 e. The molecular formula is C28H40N4O4. The lowest BCUT2D eigenvalue weighted by Gasteiger charge is -2.41. The largest absolute Gasteiger partial charge is 0.377 e. The number of anilines is 1. The van der Waals surface area contributed by atoms with Crippen LogP contribution < -0.4 is 15.8 Å². The molecule has 8 nitrogen and oxygen atoms in total. The normalized spacial score (nSPS) is 19.7. The molecule has 0 radical (unpaired) electrons. The third-order valence-electron chi connectivity index (χ3n) is 6.67. The van der Waals surface area contributed by atoms with Crippen LogP contribution in [0.5, 0.6) is 0 Å². The van der Waals surface area contributed by atoms with E-state index in [0.717, 1.165) is 22.5 Å². The van der Waals surface area contributed by atoms with Gasteiger partial charge in [-0.2, -0.15) is 0 Å². The number of morpholine rings is 1. The SMILES string of the molecule is CC(=O)C[C@@H](NC(=O)C(CC(C)C)n1ccc(C)cc1=O)c1cnc(C)c(N2C(C)COC[C@@H]2C)c1. The summed E-state index contributed by atoms with van der Waals surface area (Å²) in [5.41, 5.74) is 3.26. The van der Waals surface area contributed by atoms with Crippen molar-refractivity contribution in [3.63, 3.8) is 0 Å². The molecule has 2 aromatic rings. The molecule has 1 N–H and O–H groups in total. The molecule has 196 valence electrons. The highest BCUT2D eigenvalue weighted by Crippen LogP contribution is 2.30. The molecular weight excluding hydrogens is 456 g/mol. The third kappa shape index (κ3) is 6.60. The predicted molar refractivity (Wildman–Crippen MR) is 141 cm³/mol. The molecule has 2 unspecified atom stereocenters. The van der Waals surface area contributed by atoms with Crippen LogP contribution in [0.2, 0.25) is 0 Å². The number of hydrogen-bond donors (Lipinski definition) is 1. The lowest BCUT2D eigenvalue weighted by molar-refractivity contribution is -0.126. The average molecular weight is 497 g/mol. The number of carbonyl (C=O) groups is 2. The number of pyridine rings is 2. The van der Waals surface area contributed by atoms with Gasteiger partial charge in [0.25, 0.3) is 5.56 Å². The van der Waals surface area contributed by atoms with E-state index in [2.05, 4.69) is 29.0 Å².